The van der Waals surface area contributed by atoms with Crippen LogP contribution in [0.3, 0.4) is 0 Å². The Bertz CT molecular complexity index is 1860. The maximum absolute atomic E-state index is 14.7. The molecule has 0 bridgehead atoms. The van der Waals surface area contributed by atoms with Crippen molar-refractivity contribution in [2.75, 3.05) is 7.11 Å². The van der Waals surface area contributed by atoms with E-state index in [-0.39, 0.29) is 5.82 Å². The molecule has 3 aromatic carbocycles. The van der Waals surface area contributed by atoms with Crippen molar-refractivity contribution in [2.24, 2.45) is 0 Å². The highest BCUT2D eigenvalue weighted by Gasteiger charge is 2.19. The average Bonchev–Trinajstić information content (AvgIpc) is 3.00. The monoisotopic (exact) mass is 550 g/mol. The Kier molecular flexibility index (Phi) is 6.97. The lowest BCUT2D eigenvalue weighted by Gasteiger charge is -2.15. The third-order valence-electron chi connectivity index (χ3n) is 6.67. The van der Waals surface area contributed by atoms with Crippen LogP contribution in [0.1, 0.15) is 11.1 Å². The van der Waals surface area contributed by atoms with E-state index in [4.69, 9.17) is 24.3 Å². The fourth-order valence-corrected chi connectivity index (χ4v) is 4.80. The summed E-state index contributed by atoms with van der Waals surface area (Å²) >= 11 is 0. The minimum Gasteiger partial charge on any atom is -0.488 e. The highest BCUT2D eigenvalue weighted by molar-refractivity contribution is 7.27. The van der Waals surface area contributed by atoms with Crippen molar-refractivity contribution < 1.29 is 23.4 Å². The lowest BCUT2D eigenvalue weighted by molar-refractivity contribution is -0.884. The first-order valence-electron chi connectivity index (χ1n) is 12.7. The smallest absolute Gasteiger partial charge is 0.235 e. The van der Waals surface area contributed by atoms with E-state index in [1.807, 2.05) is 79.0 Å². The summed E-state index contributed by atoms with van der Waals surface area (Å²) in [6, 6.07) is 26.9. The molecular weight excluding hydrogens is 524 g/mol. The number of halogens is 1. The second kappa shape index (κ2) is 10.9. The first-order chi connectivity index (χ1) is 19.5. The van der Waals surface area contributed by atoms with Crippen LogP contribution in [0.2, 0.25) is 0 Å². The second-order valence-electron chi connectivity index (χ2n) is 9.29. The molecule has 0 aliphatic carbocycles. The van der Waals surface area contributed by atoms with Gasteiger partial charge >= 0.3 is 0 Å². The molecule has 6 nitrogen and oxygen atoms in total. The molecule has 1 atom stereocenters. The van der Waals surface area contributed by atoms with Gasteiger partial charge in [-0.2, -0.15) is 0 Å². The van der Waals surface area contributed by atoms with Gasteiger partial charge in [-0.05, 0) is 36.8 Å². The summed E-state index contributed by atoms with van der Waals surface area (Å²) in [5.74, 6) is 0.998. The molecule has 6 aromatic rings. The summed E-state index contributed by atoms with van der Waals surface area (Å²) in [6.45, 7) is 2.06. The van der Waals surface area contributed by atoms with Crippen LogP contribution in [-0.4, -0.2) is 17.1 Å². The van der Waals surface area contributed by atoms with Gasteiger partial charge in [-0.25, -0.2) is 14.4 Å². The van der Waals surface area contributed by atoms with Crippen LogP contribution < -0.4 is 24.3 Å². The fourth-order valence-electron chi connectivity index (χ4n) is 4.49. The number of ether oxygens (including phenoxy) is 2. The van der Waals surface area contributed by atoms with E-state index in [9.17, 15) is 4.39 Å². The van der Waals surface area contributed by atoms with Crippen LogP contribution >= 0.6 is 9.24 Å². The van der Waals surface area contributed by atoms with Crippen molar-refractivity contribution in [2.45, 2.75) is 13.5 Å². The summed E-state index contributed by atoms with van der Waals surface area (Å²) in [5.41, 5.74) is 4.17. The van der Waals surface area contributed by atoms with Gasteiger partial charge in [0.25, 0.3) is 0 Å². The van der Waals surface area contributed by atoms with Gasteiger partial charge in [0.1, 0.15) is 36.4 Å². The van der Waals surface area contributed by atoms with Gasteiger partial charge in [-0.3, -0.25) is 4.84 Å². The summed E-state index contributed by atoms with van der Waals surface area (Å²) in [7, 11) is 4.00. The van der Waals surface area contributed by atoms with E-state index in [0.717, 1.165) is 21.9 Å². The van der Waals surface area contributed by atoms with Crippen molar-refractivity contribution in [3.63, 3.8) is 0 Å². The molecule has 1 unspecified atom stereocenters. The molecule has 40 heavy (non-hydrogen) atoms. The molecule has 0 spiro atoms. The van der Waals surface area contributed by atoms with Crippen molar-refractivity contribution in [1.29, 1.82) is 0 Å². The SMILES string of the molecule is CO[n+]1ccc2nc(-c3cc4ccccc4nc3Oc3ccc(P)c(F)c3C)cc(OCc3ccccc3)c2c1. The van der Waals surface area contributed by atoms with Crippen molar-refractivity contribution in [3.8, 4) is 28.6 Å². The summed E-state index contributed by atoms with van der Waals surface area (Å²) in [6.07, 6.45) is 3.62. The van der Waals surface area contributed by atoms with Gasteiger partial charge in [-0.1, -0.05) is 48.5 Å². The number of para-hydroxylation sites is 1. The van der Waals surface area contributed by atoms with Crippen LogP contribution in [0.4, 0.5) is 4.39 Å². The number of pyridine rings is 3. The lowest BCUT2D eigenvalue weighted by Crippen LogP contribution is -2.39. The predicted octanol–water partition coefficient (Wildman–Crippen LogP) is 6.12. The van der Waals surface area contributed by atoms with Crippen molar-refractivity contribution in [1.82, 2.24) is 9.97 Å². The Morgan fingerprint density at radius 3 is 2.50 bits per heavy atom. The molecule has 3 aromatic heterocycles. The number of nitrogens with zero attached hydrogens (tertiary/aromatic N) is 3. The molecule has 0 amide bonds. The number of fused-ring (bicyclic) bond motifs is 2. The van der Waals surface area contributed by atoms with Crippen LogP contribution in [0.15, 0.2) is 97.3 Å². The number of benzene rings is 3. The van der Waals surface area contributed by atoms with Gasteiger partial charge < -0.3 is 9.47 Å². The van der Waals surface area contributed by atoms with E-state index in [2.05, 4.69) is 9.24 Å². The summed E-state index contributed by atoms with van der Waals surface area (Å²) in [4.78, 5) is 15.2. The molecule has 0 aliphatic heterocycles. The van der Waals surface area contributed by atoms with Gasteiger partial charge in [0.05, 0.1) is 22.3 Å². The van der Waals surface area contributed by atoms with Gasteiger partial charge in [0.15, 0.2) is 0 Å². The van der Waals surface area contributed by atoms with Gasteiger partial charge in [-0.15, -0.1) is 9.24 Å². The third-order valence-corrected chi connectivity index (χ3v) is 7.12. The summed E-state index contributed by atoms with van der Waals surface area (Å²) in [5, 5.41) is 2.18. The zero-order valence-electron chi connectivity index (χ0n) is 22.0. The number of rotatable bonds is 7. The van der Waals surface area contributed by atoms with Crippen LogP contribution in [-0.2, 0) is 6.61 Å². The third kappa shape index (κ3) is 5.04. The number of hydrogen-bond donors (Lipinski definition) is 0. The number of aromatic nitrogens is 3. The average molecular weight is 551 g/mol. The first kappa shape index (κ1) is 25.7. The van der Waals surface area contributed by atoms with E-state index < -0.39 is 0 Å². The Labute approximate surface area is 233 Å². The lowest BCUT2D eigenvalue weighted by atomic mass is 10.1. The fraction of sp³-hybridized carbons (Fsp3) is 0.0938. The topological polar surface area (TPSA) is 57.4 Å². The zero-order chi connectivity index (χ0) is 27.6. The maximum Gasteiger partial charge on any atom is 0.235 e. The Morgan fingerprint density at radius 1 is 0.875 bits per heavy atom. The second-order valence-corrected chi connectivity index (χ2v) is 9.92. The Hall–Kier alpha value is -4.61. The molecular formula is C32H26FN3O3P+. The molecule has 0 saturated carbocycles. The molecule has 3 heterocycles. The molecule has 198 valence electrons. The predicted molar refractivity (Wildman–Crippen MR) is 157 cm³/mol. The van der Waals surface area contributed by atoms with Crippen LogP contribution in [0.5, 0.6) is 17.4 Å². The van der Waals surface area contributed by atoms with E-state index in [1.165, 1.54) is 0 Å². The molecule has 0 saturated heterocycles. The largest absolute Gasteiger partial charge is 0.488 e. The minimum absolute atomic E-state index is 0.321. The Balaban J connectivity index is 1.52. The van der Waals surface area contributed by atoms with Crippen molar-refractivity contribution >= 4 is 36.4 Å². The quantitative estimate of drug-likeness (QED) is 0.177. The minimum atomic E-state index is -0.336. The molecule has 0 fully saturated rings. The highest BCUT2D eigenvalue weighted by Crippen LogP contribution is 2.38. The molecule has 0 aliphatic rings. The zero-order valence-corrected chi connectivity index (χ0v) is 23.1. The van der Waals surface area contributed by atoms with Crippen LogP contribution in [0.25, 0.3) is 33.1 Å². The molecule has 0 radical (unpaired) electrons. The molecule has 8 heteroatoms. The van der Waals surface area contributed by atoms with E-state index in [1.54, 1.807) is 37.1 Å². The normalized spacial score (nSPS) is 11.1. The van der Waals surface area contributed by atoms with Gasteiger partial charge in [0, 0.05) is 33.1 Å². The highest BCUT2D eigenvalue weighted by atomic mass is 31.0. The van der Waals surface area contributed by atoms with Crippen LogP contribution in [0, 0.1) is 12.7 Å². The molecule has 0 N–H and O–H groups in total. The maximum atomic E-state index is 14.7. The van der Waals surface area contributed by atoms with E-state index in [0.29, 0.717) is 51.6 Å². The van der Waals surface area contributed by atoms with Crippen molar-refractivity contribution in [3.05, 3.63) is 114 Å². The van der Waals surface area contributed by atoms with Gasteiger partial charge in [0.2, 0.25) is 18.3 Å². The summed E-state index contributed by atoms with van der Waals surface area (Å²) < 4.78 is 28.9. The molecule has 6 rings (SSSR count). The first-order valence-corrected chi connectivity index (χ1v) is 13.3. The standard InChI is InChI=1S/C32H26FN3O3P/c1-20-28(12-13-30(40)31(20)33)39-32-23(16-22-10-6-7-11-25(22)35-32)27-17-29(38-19-21-8-4-3-5-9-21)24-18-36(37-2)15-14-26(24)34-27/h3-18H,19,40H2,1-2H3/q+1. The number of hydrogen-bond acceptors (Lipinski definition) is 5. The Morgan fingerprint density at radius 2 is 1.68 bits per heavy atom. The van der Waals surface area contributed by atoms with E-state index >= 15 is 0 Å².